The van der Waals surface area contributed by atoms with Crippen molar-refractivity contribution in [1.82, 2.24) is 9.78 Å². The molecule has 8 heteroatoms. The fourth-order valence-corrected chi connectivity index (χ4v) is 1.48. The fraction of sp³-hybridized carbons (Fsp3) is 0.333. The summed E-state index contributed by atoms with van der Waals surface area (Å²) in [4.78, 5) is 13.0. The van der Waals surface area contributed by atoms with Gasteiger partial charge < -0.3 is 0 Å². The molecule has 1 aromatic heterocycles. The third-order valence-corrected chi connectivity index (χ3v) is 2.11. The first-order chi connectivity index (χ1) is 6.38. The summed E-state index contributed by atoms with van der Waals surface area (Å²) in [6, 6.07) is 0. The molecular formula is C6H3BrF3N3O. The van der Waals surface area contributed by atoms with Crippen LogP contribution in [0.4, 0.5) is 19.0 Å². The first kappa shape index (κ1) is 10.9. The molecule has 0 atom stereocenters. The van der Waals surface area contributed by atoms with Gasteiger partial charge in [-0.05, 0) is 15.9 Å². The molecule has 4 nitrogen and oxygen atoms in total. The van der Waals surface area contributed by atoms with Gasteiger partial charge in [-0.15, -0.1) is 4.99 Å². The van der Waals surface area contributed by atoms with Gasteiger partial charge in [0, 0.05) is 7.05 Å². The number of rotatable bonds is 1. The summed E-state index contributed by atoms with van der Waals surface area (Å²) >= 11 is 2.66. The molecule has 0 N–H and O–H groups in total. The summed E-state index contributed by atoms with van der Waals surface area (Å²) in [6.45, 7) is 0. The van der Waals surface area contributed by atoms with E-state index in [1.165, 1.54) is 7.05 Å². The number of aryl methyl sites for hydroxylation is 1. The molecule has 1 rings (SSSR count). The highest BCUT2D eigenvalue weighted by atomic mass is 79.9. The van der Waals surface area contributed by atoms with E-state index in [0.717, 1.165) is 10.8 Å². The lowest BCUT2D eigenvalue weighted by Crippen LogP contribution is -2.07. The fourth-order valence-electron chi connectivity index (χ4n) is 0.835. The van der Waals surface area contributed by atoms with Crippen LogP contribution in [0, 0.1) is 0 Å². The molecule has 0 saturated heterocycles. The summed E-state index contributed by atoms with van der Waals surface area (Å²) < 4.78 is 37.2. The largest absolute Gasteiger partial charge is 0.436 e. The van der Waals surface area contributed by atoms with Crippen molar-refractivity contribution in [3.05, 3.63) is 10.2 Å². The lowest BCUT2D eigenvalue weighted by molar-refractivity contribution is -0.142. The Morgan fingerprint density at radius 3 is 2.50 bits per heavy atom. The van der Waals surface area contributed by atoms with E-state index in [9.17, 15) is 18.0 Å². The Balaban J connectivity index is 3.38. The highest BCUT2D eigenvalue weighted by Gasteiger charge is 2.38. The number of nitrogens with zero attached hydrogens (tertiary/aromatic N) is 3. The van der Waals surface area contributed by atoms with Crippen molar-refractivity contribution < 1.29 is 18.0 Å². The van der Waals surface area contributed by atoms with Gasteiger partial charge in [-0.2, -0.15) is 18.3 Å². The van der Waals surface area contributed by atoms with Gasteiger partial charge in [-0.1, -0.05) is 0 Å². The maximum absolute atomic E-state index is 12.2. The normalized spacial score (nSPS) is 11.2. The van der Waals surface area contributed by atoms with Crippen LogP contribution in [0.3, 0.4) is 0 Å². The summed E-state index contributed by atoms with van der Waals surface area (Å²) in [6.07, 6.45) is -3.43. The third-order valence-electron chi connectivity index (χ3n) is 1.38. The highest BCUT2D eigenvalue weighted by molar-refractivity contribution is 9.10. The zero-order valence-electron chi connectivity index (χ0n) is 6.76. The number of isocyanates is 1. The molecule has 0 saturated carbocycles. The van der Waals surface area contributed by atoms with Gasteiger partial charge in [0.15, 0.2) is 11.5 Å². The molecular weight excluding hydrogens is 267 g/mol. The van der Waals surface area contributed by atoms with Crippen molar-refractivity contribution in [3.63, 3.8) is 0 Å². The first-order valence-corrected chi connectivity index (χ1v) is 4.04. The van der Waals surface area contributed by atoms with E-state index in [4.69, 9.17) is 0 Å². The Hall–Kier alpha value is -1.14. The number of hydrogen-bond donors (Lipinski definition) is 0. The maximum Gasteiger partial charge on any atom is 0.436 e. The molecule has 14 heavy (non-hydrogen) atoms. The standard InChI is InChI=1S/C6H3BrF3N3O/c1-13-5(11-2-14)3(7)4(12-13)6(8,9)10/h1H3. The van der Waals surface area contributed by atoms with Crippen molar-refractivity contribution in [2.24, 2.45) is 12.0 Å². The zero-order chi connectivity index (χ0) is 10.9. The van der Waals surface area contributed by atoms with Crippen molar-refractivity contribution in [3.8, 4) is 0 Å². The van der Waals surface area contributed by atoms with Gasteiger partial charge in [0.1, 0.15) is 0 Å². The zero-order valence-corrected chi connectivity index (χ0v) is 8.35. The summed E-state index contributed by atoms with van der Waals surface area (Å²) in [7, 11) is 1.25. The Morgan fingerprint density at radius 2 is 2.14 bits per heavy atom. The number of aromatic nitrogens is 2. The summed E-state index contributed by atoms with van der Waals surface area (Å²) in [5.74, 6) is -0.215. The molecule has 0 aliphatic carbocycles. The van der Waals surface area contributed by atoms with Crippen LogP contribution < -0.4 is 0 Å². The minimum atomic E-state index is -4.58. The molecule has 1 heterocycles. The maximum atomic E-state index is 12.2. The molecule has 0 unspecified atom stereocenters. The third kappa shape index (κ3) is 1.85. The molecule has 0 aromatic carbocycles. The van der Waals surface area contributed by atoms with Crippen LogP contribution >= 0.6 is 15.9 Å². The molecule has 0 bridgehead atoms. The number of alkyl halides is 3. The molecule has 0 fully saturated rings. The predicted molar refractivity (Wildman–Crippen MR) is 43.7 cm³/mol. The second-order valence-corrected chi connectivity index (χ2v) is 3.10. The monoisotopic (exact) mass is 269 g/mol. The van der Waals surface area contributed by atoms with Crippen LogP contribution in [-0.2, 0) is 18.0 Å². The minimum Gasteiger partial charge on any atom is -0.249 e. The van der Waals surface area contributed by atoms with Gasteiger partial charge in [-0.25, -0.2) is 9.48 Å². The van der Waals surface area contributed by atoms with Gasteiger partial charge in [0.2, 0.25) is 6.08 Å². The lowest BCUT2D eigenvalue weighted by Gasteiger charge is -2.00. The van der Waals surface area contributed by atoms with E-state index < -0.39 is 11.9 Å². The lowest BCUT2D eigenvalue weighted by atomic mass is 10.4. The van der Waals surface area contributed by atoms with Gasteiger partial charge in [0.05, 0.1) is 4.47 Å². The van der Waals surface area contributed by atoms with E-state index >= 15 is 0 Å². The van der Waals surface area contributed by atoms with E-state index in [-0.39, 0.29) is 10.3 Å². The van der Waals surface area contributed by atoms with Crippen molar-refractivity contribution in [1.29, 1.82) is 0 Å². The second kappa shape index (κ2) is 3.55. The number of carbonyl (C=O) groups excluding carboxylic acids is 1. The molecule has 0 aliphatic rings. The van der Waals surface area contributed by atoms with Gasteiger partial charge in [0.25, 0.3) is 0 Å². The van der Waals surface area contributed by atoms with Crippen LogP contribution in [0.25, 0.3) is 0 Å². The van der Waals surface area contributed by atoms with Crippen molar-refractivity contribution in [2.45, 2.75) is 6.18 Å². The van der Waals surface area contributed by atoms with Crippen LogP contribution in [0.2, 0.25) is 0 Å². The quantitative estimate of drug-likeness (QED) is 0.580. The van der Waals surface area contributed by atoms with Crippen LogP contribution in [-0.4, -0.2) is 15.9 Å². The second-order valence-electron chi connectivity index (χ2n) is 2.31. The van der Waals surface area contributed by atoms with Gasteiger partial charge in [-0.3, -0.25) is 0 Å². The van der Waals surface area contributed by atoms with E-state index in [1.54, 1.807) is 0 Å². The minimum absolute atomic E-state index is 0.215. The molecule has 0 amide bonds. The average molecular weight is 270 g/mol. The average Bonchev–Trinajstić information content (AvgIpc) is 2.31. The Labute approximate surface area is 84.6 Å². The summed E-state index contributed by atoms with van der Waals surface area (Å²) in [5, 5.41) is 3.17. The first-order valence-electron chi connectivity index (χ1n) is 3.25. The Morgan fingerprint density at radius 1 is 1.57 bits per heavy atom. The van der Waals surface area contributed by atoms with E-state index in [1.807, 2.05) is 0 Å². The molecule has 0 radical (unpaired) electrons. The van der Waals surface area contributed by atoms with E-state index in [0.29, 0.717) is 0 Å². The van der Waals surface area contributed by atoms with Crippen LogP contribution in [0.5, 0.6) is 0 Å². The SMILES string of the molecule is Cn1nc(C(F)(F)F)c(Br)c1N=C=O. The number of hydrogen-bond acceptors (Lipinski definition) is 3. The Kier molecular flexibility index (Phi) is 2.77. The van der Waals surface area contributed by atoms with Crippen molar-refractivity contribution in [2.75, 3.05) is 0 Å². The molecule has 0 aliphatic heterocycles. The van der Waals surface area contributed by atoms with Crippen LogP contribution in [0.15, 0.2) is 9.47 Å². The number of aliphatic imine (C=N–C) groups is 1. The van der Waals surface area contributed by atoms with Crippen LogP contribution in [0.1, 0.15) is 5.69 Å². The van der Waals surface area contributed by atoms with E-state index in [2.05, 4.69) is 26.0 Å². The highest BCUT2D eigenvalue weighted by Crippen LogP contribution is 2.38. The molecule has 0 spiro atoms. The Bertz CT molecular complexity index is 405. The van der Waals surface area contributed by atoms with Gasteiger partial charge >= 0.3 is 6.18 Å². The topological polar surface area (TPSA) is 47.2 Å². The smallest absolute Gasteiger partial charge is 0.249 e. The molecule has 1 aromatic rings. The summed E-state index contributed by atoms with van der Waals surface area (Å²) in [5.41, 5.74) is -1.12. The molecule has 76 valence electrons. The number of halogens is 4. The van der Waals surface area contributed by atoms with Crippen molar-refractivity contribution >= 4 is 27.8 Å². The predicted octanol–water partition coefficient (Wildman–Crippen LogP) is 2.17.